The first-order valence-electron chi connectivity index (χ1n) is 8.10. The first-order chi connectivity index (χ1) is 12.3. The lowest BCUT2D eigenvalue weighted by atomic mass is 10.1. The number of rotatable bonds is 8. The third kappa shape index (κ3) is 4.36. The van der Waals surface area contributed by atoms with Crippen LogP contribution < -0.4 is 10.1 Å². The number of hydrogen-bond acceptors (Lipinski definition) is 5. The number of amides is 1. The van der Waals surface area contributed by atoms with Crippen LogP contribution >= 0.6 is 0 Å². The van der Waals surface area contributed by atoms with Gasteiger partial charge in [0.05, 0.1) is 13.4 Å². The highest BCUT2D eigenvalue weighted by molar-refractivity contribution is 5.98. The minimum Gasteiger partial charge on any atom is -0.481 e. The van der Waals surface area contributed by atoms with Gasteiger partial charge in [0, 0.05) is 18.5 Å². The molecule has 2 heterocycles. The highest BCUT2D eigenvalue weighted by atomic mass is 16.5. The number of methoxy groups -OCH3 is 1. The summed E-state index contributed by atoms with van der Waals surface area (Å²) in [6.07, 6.45) is 2.32. The fraction of sp³-hybridized carbons (Fsp3) is 0.263. The standard InChI is InChI=1S/C19H20N2O4/c1-23-19-16-8-3-2-6-14(16)12-17(21-19)18(22)20-9-5-10-24-13-15-7-4-11-25-15/h2-4,6-8,11-12H,5,9-10,13H2,1H3,(H,20,22). The average molecular weight is 340 g/mol. The summed E-state index contributed by atoms with van der Waals surface area (Å²) in [5.74, 6) is 1.01. The van der Waals surface area contributed by atoms with Gasteiger partial charge in [0.2, 0.25) is 5.88 Å². The lowest BCUT2D eigenvalue weighted by molar-refractivity contribution is 0.0912. The van der Waals surface area contributed by atoms with Crippen molar-refractivity contribution in [2.24, 2.45) is 0 Å². The molecule has 0 spiro atoms. The van der Waals surface area contributed by atoms with E-state index < -0.39 is 0 Å². The Morgan fingerprint density at radius 1 is 1.24 bits per heavy atom. The molecule has 0 fully saturated rings. The van der Waals surface area contributed by atoms with Gasteiger partial charge >= 0.3 is 0 Å². The second kappa shape index (κ2) is 8.30. The zero-order chi connectivity index (χ0) is 17.5. The van der Waals surface area contributed by atoms with E-state index >= 15 is 0 Å². The monoisotopic (exact) mass is 340 g/mol. The summed E-state index contributed by atoms with van der Waals surface area (Å²) in [6, 6.07) is 13.1. The van der Waals surface area contributed by atoms with Gasteiger partial charge in [-0.2, -0.15) is 0 Å². The number of nitrogens with zero attached hydrogens (tertiary/aromatic N) is 1. The molecule has 0 unspecified atom stereocenters. The molecule has 0 aliphatic rings. The van der Waals surface area contributed by atoms with Crippen molar-refractivity contribution in [3.63, 3.8) is 0 Å². The van der Waals surface area contributed by atoms with Crippen LogP contribution in [0.1, 0.15) is 22.7 Å². The van der Waals surface area contributed by atoms with Gasteiger partial charge in [-0.05, 0) is 36.1 Å². The molecule has 0 aliphatic heterocycles. The van der Waals surface area contributed by atoms with Crippen LogP contribution in [0.2, 0.25) is 0 Å². The average Bonchev–Trinajstić information content (AvgIpc) is 3.16. The SMILES string of the molecule is COc1nc(C(=O)NCCCOCc2ccco2)cc2ccccc12. The molecule has 3 aromatic rings. The zero-order valence-corrected chi connectivity index (χ0v) is 14.0. The lowest BCUT2D eigenvalue weighted by Crippen LogP contribution is -2.26. The Kier molecular flexibility index (Phi) is 5.64. The summed E-state index contributed by atoms with van der Waals surface area (Å²) >= 11 is 0. The summed E-state index contributed by atoms with van der Waals surface area (Å²) in [4.78, 5) is 16.6. The van der Waals surface area contributed by atoms with Crippen molar-refractivity contribution in [2.75, 3.05) is 20.3 Å². The second-order valence-corrected chi connectivity index (χ2v) is 5.48. The molecular weight excluding hydrogens is 320 g/mol. The van der Waals surface area contributed by atoms with Crippen LogP contribution in [-0.4, -0.2) is 31.2 Å². The van der Waals surface area contributed by atoms with Gasteiger partial charge in [-0.25, -0.2) is 4.98 Å². The van der Waals surface area contributed by atoms with Crippen LogP contribution in [0.4, 0.5) is 0 Å². The number of pyridine rings is 1. The van der Waals surface area contributed by atoms with Crippen molar-refractivity contribution in [3.05, 3.63) is 60.2 Å². The minimum absolute atomic E-state index is 0.227. The molecule has 6 heteroatoms. The number of aromatic nitrogens is 1. The van der Waals surface area contributed by atoms with E-state index in [0.29, 0.717) is 37.8 Å². The minimum atomic E-state index is -0.227. The van der Waals surface area contributed by atoms with E-state index in [1.807, 2.05) is 36.4 Å². The van der Waals surface area contributed by atoms with Crippen LogP contribution in [0.3, 0.4) is 0 Å². The first kappa shape index (κ1) is 17.0. The van der Waals surface area contributed by atoms with Crippen LogP contribution in [-0.2, 0) is 11.3 Å². The van der Waals surface area contributed by atoms with Crippen molar-refractivity contribution in [1.29, 1.82) is 0 Å². The van der Waals surface area contributed by atoms with Crippen molar-refractivity contribution in [2.45, 2.75) is 13.0 Å². The van der Waals surface area contributed by atoms with E-state index in [1.54, 1.807) is 19.4 Å². The number of nitrogens with one attached hydrogen (secondary N) is 1. The quantitative estimate of drug-likeness (QED) is 0.638. The summed E-state index contributed by atoms with van der Waals surface area (Å²) < 4.78 is 15.9. The lowest BCUT2D eigenvalue weighted by Gasteiger charge is -2.09. The number of carbonyl (C=O) groups is 1. The summed E-state index contributed by atoms with van der Waals surface area (Å²) in [6.45, 7) is 1.48. The molecule has 1 N–H and O–H groups in total. The highest BCUT2D eigenvalue weighted by Gasteiger charge is 2.12. The molecule has 6 nitrogen and oxygen atoms in total. The van der Waals surface area contributed by atoms with E-state index in [-0.39, 0.29) is 5.91 Å². The Bertz CT molecular complexity index is 831. The number of benzene rings is 1. The third-order valence-electron chi connectivity index (χ3n) is 3.71. The largest absolute Gasteiger partial charge is 0.481 e. The molecule has 0 saturated carbocycles. The molecule has 0 saturated heterocycles. The van der Waals surface area contributed by atoms with Gasteiger partial charge in [-0.1, -0.05) is 18.2 Å². The Morgan fingerprint density at radius 2 is 2.12 bits per heavy atom. The highest BCUT2D eigenvalue weighted by Crippen LogP contribution is 2.24. The maximum Gasteiger partial charge on any atom is 0.270 e. The molecule has 25 heavy (non-hydrogen) atoms. The first-order valence-corrected chi connectivity index (χ1v) is 8.10. The summed E-state index contributed by atoms with van der Waals surface area (Å²) in [5, 5.41) is 4.65. The van der Waals surface area contributed by atoms with Crippen LogP contribution in [0.25, 0.3) is 10.8 Å². The van der Waals surface area contributed by atoms with Gasteiger partial charge in [-0.15, -0.1) is 0 Å². The number of fused-ring (bicyclic) bond motifs is 1. The van der Waals surface area contributed by atoms with Crippen molar-refractivity contribution >= 4 is 16.7 Å². The predicted molar refractivity (Wildman–Crippen MR) is 93.6 cm³/mol. The Balaban J connectivity index is 1.50. The van der Waals surface area contributed by atoms with Crippen molar-refractivity contribution < 1.29 is 18.7 Å². The summed E-state index contributed by atoms with van der Waals surface area (Å²) in [5.41, 5.74) is 0.340. The normalized spacial score (nSPS) is 10.8. The zero-order valence-electron chi connectivity index (χ0n) is 14.0. The Hall–Kier alpha value is -2.86. The molecule has 3 rings (SSSR count). The van der Waals surface area contributed by atoms with E-state index in [2.05, 4.69) is 10.3 Å². The van der Waals surface area contributed by atoms with E-state index in [0.717, 1.165) is 16.5 Å². The number of hydrogen-bond donors (Lipinski definition) is 1. The molecule has 0 aliphatic carbocycles. The van der Waals surface area contributed by atoms with Gasteiger partial charge < -0.3 is 19.2 Å². The molecule has 2 aromatic heterocycles. The topological polar surface area (TPSA) is 73.6 Å². The van der Waals surface area contributed by atoms with Crippen LogP contribution in [0, 0.1) is 0 Å². The number of carbonyl (C=O) groups excluding carboxylic acids is 1. The van der Waals surface area contributed by atoms with E-state index in [1.165, 1.54) is 0 Å². The summed E-state index contributed by atoms with van der Waals surface area (Å²) in [7, 11) is 1.55. The van der Waals surface area contributed by atoms with Gasteiger partial charge in [-0.3, -0.25) is 4.79 Å². The molecule has 1 amide bonds. The van der Waals surface area contributed by atoms with Gasteiger partial charge in [0.25, 0.3) is 5.91 Å². The molecule has 130 valence electrons. The molecular formula is C19H20N2O4. The number of furan rings is 1. The van der Waals surface area contributed by atoms with Crippen LogP contribution in [0.5, 0.6) is 5.88 Å². The van der Waals surface area contributed by atoms with E-state index in [9.17, 15) is 4.79 Å². The van der Waals surface area contributed by atoms with Crippen LogP contribution in [0.15, 0.2) is 53.1 Å². The number of ether oxygens (including phenoxy) is 2. The predicted octanol–water partition coefficient (Wildman–Crippen LogP) is 3.17. The van der Waals surface area contributed by atoms with Gasteiger partial charge in [0.1, 0.15) is 18.1 Å². The molecule has 1 aromatic carbocycles. The fourth-order valence-electron chi connectivity index (χ4n) is 2.47. The second-order valence-electron chi connectivity index (χ2n) is 5.48. The maximum atomic E-state index is 12.3. The third-order valence-corrected chi connectivity index (χ3v) is 3.71. The Morgan fingerprint density at radius 3 is 2.92 bits per heavy atom. The smallest absolute Gasteiger partial charge is 0.270 e. The maximum absolute atomic E-state index is 12.3. The molecule has 0 bridgehead atoms. The van der Waals surface area contributed by atoms with Gasteiger partial charge in [0.15, 0.2) is 0 Å². The van der Waals surface area contributed by atoms with Crippen molar-refractivity contribution in [1.82, 2.24) is 10.3 Å². The Labute approximate surface area is 145 Å². The molecule has 0 atom stereocenters. The van der Waals surface area contributed by atoms with Crippen molar-refractivity contribution in [3.8, 4) is 5.88 Å². The molecule has 0 radical (unpaired) electrons. The fourth-order valence-corrected chi connectivity index (χ4v) is 2.47. The van der Waals surface area contributed by atoms with E-state index in [4.69, 9.17) is 13.9 Å².